The van der Waals surface area contributed by atoms with E-state index in [9.17, 15) is 18.7 Å². The minimum absolute atomic E-state index is 0.0366. The monoisotopic (exact) mass is 363 g/mol. The van der Waals surface area contributed by atoms with Crippen molar-refractivity contribution >= 4 is 15.0 Å². The molecule has 1 aliphatic heterocycles. The van der Waals surface area contributed by atoms with Crippen molar-refractivity contribution in [2.45, 2.75) is 89.2 Å². The van der Waals surface area contributed by atoms with Gasteiger partial charge in [-0.3, -0.25) is 4.79 Å². The van der Waals surface area contributed by atoms with Crippen molar-refractivity contribution in [3.05, 3.63) is 0 Å². The number of aliphatic hydroxyl groups is 1. The summed E-state index contributed by atoms with van der Waals surface area (Å²) in [6, 6.07) is 0. The molecule has 1 saturated heterocycles. The number of aliphatic hydroxyl groups excluding tert-OH is 1. The van der Waals surface area contributed by atoms with Crippen LogP contribution in [-0.4, -0.2) is 44.4 Å². The van der Waals surface area contributed by atoms with Crippen LogP contribution in [-0.2, 0) is 14.0 Å². The van der Waals surface area contributed by atoms with E-state index in [1.54, 1.807) is 0 Å². The molecular formula is C17H29F2O4Si. The predicted molar refractivity (Wildman–Crippen MR) is 88.2 cm³/mol. The highest BCUT2D eigenvalue weighted by Gasteiger charge is 2.50. The highest BCUT2D eigenvalue weighted by atomic mass is 28.3. The Balaban J connectivity index is 1.97. The van der Waals surface area contributed by atoms with Crippen molar-refractivity contribution in [1.29, 1.82) is 0 Å². The second-order valence-corrected chi connectivity index (χ2v) is 9.37. The van der Waals surface area contributed by atoms with Crippen molar-refractivity contribution in [1.82, 2.24) is 0 Å². The Morgan fingerprint density at radius 2 is 2.17 bits per heavy atom. The molecular weight excluding hydrogens is 334 g/mol. The maximum atomic E-state index is 14.5. The van der Waals surface area contributed by atoms with Gasteiger partial charge in [0.2, 0.25) is 9.04 Å². The number of hydrogen-bond donors (Lipinski definition) is 1. The lowest BCUT2D eigenvalue weighted by atomic mass is 9.86. The van der Waals surface area contributed by atoms with Crippen LogP contribution in [0.5, 0.6) is 0 Å². The Kier molecular flexibility index (Phi) is 6.79. The third-order valence-corrected chi connectivity index (χ3v) is 5.91. The molecule has 4 unspecified atom stereocenters. The topological polar surface area (TPSA) is 55.8 Å². The summed E-state index contributed by atoms with van der Waals surface area (Å²) in [5.74, 6) is -3.27. The fraction of sp³-hybridized carbons (Fsp3) is 0.941. The predicted octanol–water partition coefficient (Wildman–Crippen LogP) is 3.54. The Morgan fingerprint density at radius 1 is 1.46 bits per heavy atom. The van der Waals surface area contributed by atoms with Gasteiger partial charge in [0.15, 0.2) is 0 Å². The third-order valence-electron chi connectivity index (χ3n) is 5.16. The zero-order valence-corrected chi connectivity index (χ0v) is 15.8. The first-order valence-electron chi connectivity index (χ1n) is 8.96. The van der Waals surface area contributed by atoms with E-state index in [0.717, 1.165) is 6.42 Å². The number of unbranched alkanes of at least 4 members (excludes halogenated alkanes) is 1. The SMILES string of the molecule is CCCCC(F)(F)C(CC[C@H]1C(O)CC2OC(=O)CC21)O[Si](C)C. The summed E-state index contributed by atoms with van der Waals surface area (Å²) < 4.78 is 39.8. The Bertz CT molecular complexity index is 433. The van der Waals surface area contributed by atoms with E-state index in [-0.39, 0.29) is 36.8 Å². The summed E-state index contributed by atoms with van der Waals surface area (Å²) in [6.45, 7) is 5.61. The summed E-state index contributed by atoms with van der Waals surface area (Å²) >= 11 is 0. The summed E-state index contributed by atoms with van der Waals surface area (Å²) in [7, 11) is -1.25. The van der Waals surface area contributed by atoms with E-state index in [4.69, 9.17) is 9.16 Å². The van der Waals surface area contributed by atoms with Gasteiger partial charge in [-0.25, -0.2) is 8.78 Å². The van der Waals surface area contributed by atoms with E-state index in [2.05, 4.69) is 0 Å². The molecule has 1 N–H and O–H groups in total. The van der Waals surface area contributed by atoms with E-state index in [1.807, 2.05) is 20.0 Å². The van der Waals surface area contributed by atoms with Crippen LogP contribution in [0.2, 0.25) is 13.1 Å². The maximum absolute atomic E-state index is 14.5. The fourth-order valence-corrected chi connectivity index (χ4v) is 4.80. The molecule has 2 fully saturated rings. The zero-order valence-electron chi connectivity index (χ0n) is 14.8. The molecule has 24 heavy (non-hydrogen) atoms. The van der Waals surface area contributed by atoms with E-state index >= 15 is 0 Å². The van der Waals surface area contributed by atoms with Gasteiger partial charge < -0.3 is 14.3 Å². The minimum atomic E-state index is -2.84. The molecule has 0 spiro atoms. The average Bonchev–Trinajstić information content (AvgIpc) is 2.96. The molecule has 4 nitrogen and oxygen atoms in total. The van der Waals surface area contributed by atoms with Gasteiger partial charge in [-0.15, -0.1) is 0 Å². The van der Waals surface area contributed by atoms with Gasteiger partial charge in [-0.2, -0.15) is 0 Å². The zero-order chi connectivity index (χ0) is 17.9. The second kappa shape index (κ2) is 8.23. The summed E-state index contributed by atoms with van der Waals surface area (Å²) in [4.78, 5) is 11.4. The molecule has 0 aromatic carbocycles. The van der Waals surface area contributed by atoms with Gasteiger partial charge in [0.1, 0.15) is 12.2 Å². The van der Waals surface area contributed by atoms with Gasteiger partial charge in [-0.1, -0.05) is 13.3 Å². The lowest BCUT2D eigenvalue weighted by Gasteiger charge is -2.30. The fourth-order valence-electron chi connectivity index (χ4n) is 3.94. The maximum Gasteiger partial charge on any atom is 0.306 e. The van der Waals surface area contributed by atoms with Gasteiger partial charge in [0.25, 0.3) is 5.92 Å². The lowest BCUT2D eigenvalue weighted by molar-refractivity contribution is -0.141. The van der Waals surface area contributed by atoms with Gasteiger partial charge in [0, 0.05) is 18.8 Å². The minimum Gasteiger partial charge on any atom is -0.462 e. The van der Waals surface area contributed by atoms with Crippen LogP contribution in [0, 0.1) is 11.8 Å². The number of esters is 1. The van der Waals surface area contributed by atoms with Crippen molar-refractivity contribution in [2.24, 2.45) is 11.8 Å². The normalized spacial score (nSPS) is 31.4. The quantitative estimate of drug-likeness (QED) is 0.503. The standard InChI is InChI=1S/C17H29F2O4Si/c1-4-5-8-17(18,19)15(23-24(2)3)7-6-11-12-9-16(21)22-14(12)10-13(11)20/h11-15,20H,4-10H2,1-3H3/t11-,12?,13?,14?,15?/m1/s1. The number of fused-ring (bicyclic) bond motifs is 1. The molecule has 0 aromatic heterocycles. The summed E-state index contributed by atoms with van der Waals surface area (Å²) in [5.41, 5.74) is 0. The summed E-state index contributed by atoms with van der Waals surface area (Å²) in [6.07, 6.45) is 0.495. The van der Waals surface area contributed by atoms with E-state index in [1.165, 1.54) is 0 Å². The number of alkyl halides is 2. The molecule has 139 valence electrons. The van der Waals surface area contributed by atoms with Crippen LogP contribution in [0.4, 0.5) is 8.78 Å². The van der Waals surface area contributed by atoms with Crippen molar-refractivity contribution in [3.63, 3.8) is 0 Å². The Labute approximate surface area is 144 Å². The second-order valence-electron chi connectivity index (χ2n) is 7.32. The van der Waals surface area contributed by atoms with E-state index in [0.29, 0.717) is 25.7 Å². The number of rotatable bonds is 9. The molecule has 0 bridgehead atoms. The van der Waals surface area contributed by atoms with Crippen LogP contribution in [0.3, 0.4) is 0 Å². The first-order valence-corrected chi connectivity index (χ1v) is 11.4. The smallest absolute Gasteiger partial charge is 0.306 e. The average molecular weight is 363 g/mol. The number of carbonyl (C=O) groups is 1. The van der Waals surface area contributed by atoms with Crippen LogP contribution >= 0.6 is 0 Å². The van der Waals surface area contributed by atoms with E-state index < -0.39 is 27.2 Å². The number of carbonyl (C=O) groups excluding carboxylic acids is 1. The molecule has 2 rings (SSSR count). The highest BCUT2D eigenvalue weighted by Crippen LogP contribution is 2.44. The number of ether oxygens (including phenoxy) is 1. The number of hydrogen-bond acceptors (Lipinski definition) is 4. The van der Waals surface area contributed by atoms with Crippen LogP contribution in [0.15, 0.2) is 0 Å². The van der Waals surface area contributed by atoms with Crippen LogP contribution in [0.25, 0.3) is 0 Å². The molecule has 2 aliphatic rings. The number of halogens is 2. The van der Waals surface area contributed by atoms with Gasteiger partial charge in [-0.05, 0) is 38.3 Å². The molecule has 1 aliphatic carbocycles. The summed E-state index contributed by atoms with van der Waals surface area (Å²) in [5, 5.41) is 10.2. The molecule has 0 aromatic rings. The Hall–Kier alpha value is -0.533. The first-order chi connectivity index (χ1) is 11.2. The molecule has 1 heterocycles. The molecule has 1 saturated carbocycles. The van der Waals surface area contributed by atoms with Crippen molar-refractivity contribution in [2.75, 3.05) is 0 Å². The van der Waals surface area contributed by atoms with Gasteiger partial charge >= 0.3 is 5.97 Å². The van der Waals surface area contributed by atoms with Crippen LogP contribution in [0.1, 0.15) is 51.9 Å². The molecule has 0 amide bonds. The molecule has 1 radical (unpaired) electrons. The van der Waals surface area contributed by atoms with Crippen molar-refractivity contribution in [3.8, 4) is 0 Å². The largest absolute Gasteiger partial charge is 0.462 e. The first kappa shape index (κ1) is 19.8. The molecule has 7 heteroatoms. The highest BCUT2D eigenvalue weighted by molar-refractivity contribution is 6.48. The van der Waals surface area contributed by atoms with Crippen molar-refractivity contribution < 1.29 is 27.8 Å². The lowest BCUT2D eigenvalue weighted by Crippen LogP contribution is -2.39. The molecule has 5 atom stereocenters. The third kappa shape index (κ3) is 4.76. The Morgan fingerprint density at radius 3 is 2.79 bits per heavy atom. The van der Waals surface area contributed by atoms with Crippen LogP contribution < -0.4 is 0 Å². The van der Waals surface area contributed by atoms with Gasteiger partial charge in [0.05, 0.1) is 12.5 Å².